The summed E-state index contributed by atoms with van der Waals surface area (Å²) in [5, 5.41) is 0. The quantitative estimate of drug-likeness (QED) is 0.495. The van der Waals surface area contributed by atoms with Crippen molar-refractivity contribution in [2.24, 2.45) is 0 Å². The molecule has 0 fully saturated rings. The molecule has 128 valence electrons. The summed E-state index contributed by atoms with van der Waals surface area (Å²) in [7, 11) is -3.42. The van der Waals surface area contributed by atoms with Gasteiger partial charge in [-0.15, -0.1) is 0 Å². The average Bonchev–Trinajstić information content (AvgIpc) is 1.64. The van der Waals surface area contributed by atoms with E-state index in [0.717, 1.165) is 0 Å². The lowest BCUT2D eigenvalue weighted by Crippen LogP contribution is -2.36. The van der Waals surface area contributed by atoms with Crippen LogP contribution >= 0.6 is 0 Å². The summed E-state index contributed by atoms with van der Waals surface area (Å²) in [5.41, 5.74) is 5.31. The van der Waals surface area contributed by atoms with Crippen molar-refractivity contribution in [3.8, 4) is 0 Å². The molecule has 0 amide bonds. The van der Waals surface area contributed by atoms with E-state index in [2.05, 4.69) is 89.9 Å². The van der Waals surface area contributed by atoms with Gasteiger partial charge in [0.2, 0.25) is 0 Å². The van der Waals surface area contributed by atoms with Gasteiger partial charge in [0.15, 0.2) is 0 Å². The smallest absolute Gasteiger partial charge is 0.0444 e. The van der Waals surface area contributed by atoms with Crippen molar-refractivity contribution < 1.29 is 2.85 Å². The molecule has 0 aliphatic heterocycles. The molecule has 0 unspecified atom stereocenters. The van der Waals surface area contributed by atoms with Gasteiger partial charge in [0.1, 0.15) is 0 Å². The Morgan fingerprint density at radius 3 is 0.524 bits per heavy atom. The normalized spacial score (nSPS) is 12.0. The lowest BCUT2D eigenvalue weighted by molar-refractivity contribution is 1.64. The Morgan fingerprint density at radius 1 is 0.429 bits per heavy atom. The van der Waals surface area contributed by atoms with Gasteiger partial charge in [-0.2, -0.15) is 0 Å². The van der Waals surface area contributed by atoms with Crippen LogP contribution in [0.1, 0.15) is 10.3 Å². The molecule has 0 nitrogen and oxygen atoms in total. The highest BCUT2D eigenvalue weighted by Crippen LogP contribution is 2.16. The van der Waals surface area contributed by atoms with Gasteiger partial charge in [0, 0.05) is 69.9 Å². The summed E-state index contributed by atoms with van der Waals surface area (Å²) >= 11 is 0. The summed E-state index contributed by atoms with van der Waals surface area (Å²) in [6.07, 6.45) is 0. The van der Waals surface area contributed by atoms with Crippen LogP contribution in [0.3, 0.4) is 0 Å². The molecule has 0 rings (SSSR count). The molecular weight excluding hydrogens is 346 g/mol. The van der Waals surface area contributed by atoms with Gasteiger partial charge >= 0.3 is 0 Å². The van der Waals surface area contributed by atoms with E-state index in [-0.39, 0.29) is 45.0 Å². The number of hydrogen-bond donors (Lipinski definition) is 0. The van der Waals surface area contributed by atoms with Crippen LogP contribution in [0, 0.1) is 11.3 Å². The van der Waals surface area contributed by atoms with Crippen molar-refractivity contribution in [1.29, 1.82) is 0 Å². The SMILES string of the molecule is C.C[Si](C)(C)[CH][Si](C)(C)C.C[Si](C)(C)[CH][Si](C)(C)C.[Al].[Al].[HH].[HH]. The Balaban J connectivity index is -0.0000000366. The van der Waals surface area contributed by atoms with E-state index in [0.29, 0.717) is 0 Å². The van der Waals surface area contributed by atoms with Gasteiger partial charge in [-0.1, -0.05) is 97.3 Å². The molecule has 6 heteroatoms. The second-order valence-electron chi connectivity index (χ2n) is 9.75. The molecule has 0 aromatic rings. The second kappa shape index (κ2) is 12.3. The molecule has 8 radical (unpaired) electrons. The molecule has 21 heavy (non-hydrogen) atoms. The molecule has 0 aliphatic rings. The number of rotatable bonds is 4. The third-order valence-electron chi connectivity index (χ3n) is 1.73. The standard InChI is InChI=1S/2C7H19Si2.CH4.2Al.2H2/c2*1-8(2,3)7-9(4,5)6;;;;;/h2*7H,1-6H3;1H4;;;2*1H. The Hall–Kier alpha value is 1.93. The molecular formula is C15H46Al2Si4. The monoisotopic (exact) mass is 392 g/mol. The van der Waals surface area contributed by atoms with Gasteiger partial charge in [-0.05, 0) is 0 Å². The summed E-state index contributed by atoms with van der Waals surface area (Å²) in [6.45, 7) is 28.9. The molecule has 0 aromatic carbocycles. The van der Waals surface area contributed by atoms with E-state index in [9.17, 15) is 0 Å². The van der Waals surface area contributed by atoms with Crippen LogP contribution in [-0.4, -0.2) is 67.0 Å². The van der Waals surface area contributed by atoms with Gasteiger partial charge in [0.25, 0.3) is 0 Å². The third kappa shape index (κ3) is 44.9. The Labute approximate surface area is 166 Å². The molecule has 0 aromatic heterocycles. The van der Waals surface area contributed by atoms with Gasteiger partial charge in [-0.25, -0.2) is 0 Å². The first-order valence-electron chi connectivity index (χ1n) is 7.15. The van der Waals surface area contributed by atoms with Crippen molar-refractivity contribution in [3.05, 3.63) is 11.3 Å². The second-order valence-corrected chi connectivity index (χ2v) is 31.0. The molecule has 0 aliphatic carbocycles. The van der Waals surface area contributed by atoms with Crippen LogP contribution in [0.25, 0.3) is 0 Å². The Kier molecular flexibility index (Phi) is 20.1. The topological polar surface area (TPSA) is 0 Å². The van der Waals surface area contributed by atoms with Crippen molar-refractivity contribution in [2.45, 2.75) is 86.0 Å². The minimum absolute atomic E-state index is 0. The highest BCUT2D eigenvalue weighted by Gasteiger charge is 2.24. The molecule has 0 bridgehead atoms. The van der Waals surface area contributed by atoms with E-state index >= 15 is 0 Å². The van der Waals surface area contributed by atoms with E-state index in [1.807, 2.05) is 0 Å². The molecule has 0 atom stereocenters. The fourth-order valence-corrected chi connectivity index (χ4v) is 23.4. The third-order valence-corrected chi connectivity index (χ3v) is 15.6. The van der Waals surface area contributed by atoms with Gasteiger partial charge < -0.3 is 0 Å². The number of hydrogen-bond acceptors (Lipinski definition) is 0. The van der Waals surface area contributed by atoms with Crippen molar-refractivity contribution in [1.82, 2.24) is 0 Å². The molecule has 0 spiro atoms. The van der Waals surface area contributed by atoms with E-state index in [1.54, 1.807) is 0 Å². The van der Waals surface area contributed by atoms with Crippen molar-refractivity contribution in [3.63, 3.8) is 0 Å². The van der Waals surface area contributed by atoms with E-state index in [1.165, 1.54) is 0 Å². The van der Waals surface area contributed by atoms with Crippen LogP contribution in [0.4, 0.5) is 0 Å². The van der Waals surface area contributed by atoms with Crippen LogP contribution in [0.2, 0.25) is 78.6 Å². The highest BCUT2D eigenvalue weighted by atomic mass is 28.4. The predicted octanol–water partition coefficient (Wildman–Crippen LogP) is 6.26. The van der Waals surface area contributed by atoms with Crippen LogP contribution in [0.5, 0.6) is 0 Å². The van der Waals surface area contributed by atoms with E-state index in [4.69, 9.17) is 0 Å². The van der Waals surface area contributed by atoms with Crippen LogP contribution < -0.4 is 0 Å². The Bertz CT molecular complexity index is 190. The first-order valence-corrected chi connectivity index (χ1v) is 21.5. The maximum Gasteiger partial charge on any atom is 0.0444 e. The molecule has 0 saturated carbocycles. The minimum Gasteiger partial charge on any atom is -0.0776 e. The van der Waals surface area contributed by atoms with Crippen LogP contribution in [0.15, 0.2) is 0 Å². The van der Waals surface area contributed by atoms with E-state index < -0.39 is 32.3 Å². The Morgan fingerprint density at radius 2 is 0.524 bits per heavy atom. The fraction of sp³-hybridized carbons (Fsp3) is 0.867. The van der Waals surface area contributed by atoms with Gasteiger partial charge in [-0.3, -0.25) is 0 Å². The maximum absolute atomic E-state index is 2.65. The summed E-state index contributed by atoms with van der Waals surface area (Å²) in [4.78, 5) is 0. The summed E-state index contributed by atoms with van der Waals surface area (Å²) in [5.74, 6) is 0. The molecule has 0 heterocycles. The van der Waals surface area contributed by atoms with Crippen LogP contribution in [-0.2, 0) is 0 Å². The van der Waals surface area contributed by atoms with Crippen molar-refractivity contribution >= 4 is 67.0 Å². The average molecular weight is 393 g/mol. The lowest BCUT2D eigenvalue weighted by atomic mass is 11.7. The summed E-state index contributed by atoms with van der Waals surface area (Å²) < 4.78 is 0. The zero-order valence-electron chi connectivity index (χ0n) is 16.3. The molecule has 0 N–H and O–H groups in total. The maximum atomic E-state index is 2.65. The zero-order chi connectivity index (χ0) is 15.4. The largest absolute Gasteiger partial charge is 0.0776 e. The highest BCUT2D eigenvalue weighted by molar-refractivity contribution is 7.00. The summed E-state index contributed by atoms with van der Waals surface area (Å²) in [6, 6.07) is 0. The molecule has 0 saturated heterocycles. The fourth-order valence-electron chi connectivity index (χ4n) is 2.60. The lowest BCUT2D eigenvalue weighted by Gasteiger charge is -2.24. The van der Waals surface area contributed by atoms with Gasteiger partial charge in [0.05, 0.1) is 0 Å². The minimum atomic E-state index is -0.856. The first kappa shape index (κ1) is 34.3. The predicted molar refractivity (Wildman–Crippen MR) is 124 cm³/mol. The zero-order valence-corrected chi connectivity index (χ0v) is 22.6. The first-order chi connectivity index (χ1) is 7.41. The van der Waals surface area contributed by atoms with Crippen molar-refractivity contribution in [2.75, 3.05) is 0 Å².